The Morgan fingerprint density at radius 1 is 0.677 bits per heavy atom. The lowest BCUT2D eigenvalue weighted by Gasteiger charge is -2.48. The van der Waals surface area contributed by atoms with Crippen molar-refractivity contribution in [1.29, 1.82) is 0 Å². The molecule has 1 spiro atoms. The lowest BCUT2D eigenvalue weighted by Crippen LogP contribution is -2.45. The van der Waals surface area contributed by atoms with Crippen molar-refractivity contribution in [3.8, 4) is 11.3 Å². The summed E-state index contributed by atoms with van der Waals surface area (Å²) in [4.78, 5) is 22.9. The molecule has 0 N–H and O–H groups in total. The van der Waals surface area contributed by atoms with Crippen LogP contribution in [0.3, 0.4) is 0 Å². The minimum Gasteiger partial charge on any atom is -0.300 e. The van der Waals surface area contributed by atoms with Crippen LogP contribution in [0, 0.1) is 0 Å². The molecule has 0 bridgehead atoms. The predicted octanol–water partition coefficient (Wildman–Crippen LogP) is 5.67. The zero-order chi connectivity index (χ0) is 20.8. The predicted molar refractivity (Wildman–Crippen MR) is 121 cm³/mol. The van der Waals surface area contributed by atoms with E-state index in [1.54, 1.807) is 12.4 Å². The van der Waals surface area contributed by atoms with E-state index in [4.69, 9.17) is 9.97 Å². The fraction of sp³-hybridized carbons (Fsp3) is 0.179. The van der Waals surface area contributed by atoms with E-state index >= 15 is 0 Å². The molecule has 1 saturated carbocycles. The van der Waals surface area contributed by atoms with Gasteiger partial charge in [0.05, 0.1) is 16.8 Å². The summed E-state index contributed by atoms with van der Waals surface area (Å²) in [5.74, 6) is 0.307. The molecule has 6 rings (SSSR count). The van der Waals surface area contributed by atoms with Crippen LogP contribution in [-0.2, 0) is 10.2 Å². The molecule has 2 aliphatic rings. The van der Waals surface area contributed by atoms with E-state index in [0.717, 1.165) is 17.0 Å². The Hall–Kier alpha value is -3.59. The standard InChI is InChI=1S/C28H22N2O/c31-21-17-24(19-9-3-1-4-10-19)28(25(18-21)20-11-5-2-6-12-20)23-14-8-7-13-22(23)26-27(28)30-16-15-29-26/h1-16,24-25H,17-18H2/t24-,25-/m0/s1. The number of Topliss-reactive ketones (excluding diaryl/α,β-unsaturated/α-hetero) is 1. The number of benzene rings is 3. The summed E-state index contributed by atoms with van der Waals surface area (Å²) < 4.78 is 0. The Labute approximate surface area is 181 Å². The Morgan fingerprint density at radius 2 is 1.23 bits per heavy atom. The average molecular weight is 402 g/mol. The van der Waals surface area contributed by atoms with Gasteiger partial charge < -0.3 is 0 Å². The highest BCUT2D eigenvalue weighted by atomic mass is 16.1. The molecular formula is C28H22N2O. The average Bonchev–Trinajstić information content (AvgIpc) is 3.13. The van der Waals surface area contributed by atoms with Crippen molar-refractivity contribution in [3.05, 3.63) is 120 Å². The van der Waals surface area contributed by atoms with Crippen molar-refractivity contribution in [3.63, 3.8) is 0 Å². The second-order valence-electron chi connectivity index (χ2n) is 8.54. The highest BCUT2D eigenvalue weighted by Gasteiger charge is 2.58. The second-order valence-corrected chi connectivity index (χ2v) is 8.54. The summed E-state index contributed by atoms with van der Waals surface area (Å²) in [6, 6.07) is 29.5. The molecule has 0 radical (unpaired) electrons. The fourth-order valence-electron chi connectivity index (χ4n) is 5.96. The molecule has 3 nitrogen and oxygen atoms in total. The zero-order valence-corrected chi connectivity index (χ0v) is 17.1. The molecule has 0 saturated heterocycles. The van der Waals surface area contributed by atoms with Crippen molar-refractivity contribution in [2.45, 2.75) is 30.1 Å². The van der Waals surface area contributed by atoms with E-state index in [-0.39, 0.29) is 11.8 Å². The SMILES string of the molecule is O=C1C[C@@H](c2ccccc2)C2(c3ccccc3-c3nccnc32)[C@H](c2ccccc2)C1. The molecule has 3 heteroatoms. The first-order valence-electron chi connectivity index (χ1n) is 10.8. The number of carbonyl (C=O) groups excluding carboxylic acids is 1. The molecule has 4 aromatic rings. The number of hydrogen-bond donors (Lipinski definition) is 0. The molecule has 150 valence electrons. The van der Waals surface area contributed by atoms with Crippen LogP contribution in [0.15, 0.2) is 97.3 Å². The van der Waals surface area contributed by atoms with Gasteiger partial charge in [-0.1, -0.05) is 84.9 Å². The topological polar surface area (TPSA) is 42.9 Å². The van der Waals surface area contributed by atoms with Crippen LogP contribution < -0.4 is 0 Å². The second kappa shape index (κ2) is 6.98. The highest BCUT2D eigenvalue weighted by Crippen LogP contribution is 2.64. The third kappa shape index (κ3) is 2.56. The lowest BCUT2D eigenvalue weighted by molar-refractivity contribution is -0.122. The summed E-state index contributed by atoms with van der Waals surface area (Å²) in [6.45, 7) is 0. The maximum absolute atomic E-state index is 13.2. The molecule has 2 aliphatic carbocycles. The lowest BCUT2D eigenvalue weighted by atomic mass is 9.53. The summed E-state index contributed by atoms with van der Waals surface area (Å²) in [7, 11) is 0. The number of nitrogens with zero attached hydrogens (tertiary/aromatic N) is 2. The molecule has 1 heterocycles. The molecule has 0 unspecified atom stereocenters. The van der Waals surface area contributed by atoms with E-state index in [0.29, 0.717) is 18.6 Å². The van der Waals surface area contributed by atoms with E-state index < -0.39 is 5.41 Å². The summed E-state index contributed by atoms with van der Waals surface area (Å²) in [5.41, 5.74) is 6.28. The fourth-order valence-corrected chi connectivity index (χ4v) is 5.96. The normalized spacial score (nSPS) is 21.0. The number of carbonyl (C=O) groups is 1. The van der Waals surface area contributed by atoms with Crippen molar-refractivity contribution in [1.82, 2.24) is 9.97 Å². The molecule has 2 atom stereocenters. The minimum absolute atomic E-state index is 0.000689. The van der Waals surface area contributed by atoms with Gasteiger partial charge in [0.25, 0.3) is 0 Å². The van der Waals surface area contributed by atoms with Crippen LogP contribution in [0.2, 0.25) is 0 Å². The van der Waals surface area contributed by atoms with Gasteiger partial charge in [-0.3, -0.25) is 14.8 Å². The molecule has 1 fully saturated rings. The van der Waals surface area contributed by atoms with E-state index in [1.165, 1.54) is 16.7 Å². The van der Waals surface area contributed by atoms with Gasteiger partial charge in [0.15, 0.2) is 0 Å². The Balaban J connectivity index is 1.73. The minimum atomic E-state index is -0.434. The van der Waals surface area contributed by atoms with Crippen LogP contribution in [0.25, 0.3) is 11.3 Å². The maximum Gasteiger partial charge on any atom is 0.134 e. The Kier molecular flexibility index (Phi) is 4.10. The van der Waals surface area contributed by atoms with Crippen LogP contribution >= 0.6 is 0 Å². The first-order chi connectivity index (χ1) is 15.3. The van der Waals surface area contributed by atoms with Crippen molar-refractivity contribution >= 4 is 5.78 Å². The van der Waals surface area contributed by atoms with Gasteiger partial charge in [0, 0.05) is 42.6 Å². The van der Waals surface area contributed by atoms with Crippen molar-refractivity contribution in [2.24, 2.45) is 0 Å². The first-order valence-corrected chi connectivity index (χ1v) is 10.8. The first kappa shape index (κ1) is 18.2. The van der Waals surface area contributed by atoms with Gasteiger partial charge in [0.1, 0.15) is 5.78 Å². The number of ketones is 1. The molecule has 0 aliphatic heterocycles. The summed E-state index contributed by atoms with van der Waals surface area (Å²) >= 11 is 0. The smallest absolute Gasteiger partial charge is 0.134 e. The number of hydrogen-bond acceptors (Lipinski definition) is 3. The number of aromatic nitrogens is 2. The summed E-state index contributed by atoms with van der Waals surface area (Å²) in [5, 5.41) is 0. The van der Waals surface area contributed by atoms with Crippen LogP contribution in [0.1, 0.15) is 47.1 Å². The highest BCUT2D eigenvalue weighted by molar-refractivity contribution is 5.87. The van der Waals surface area contributed by atoms with Crippen molar-refractivity contribution in [2.75, 3.05) is 0 Å². The zero-order valence-electron chi connectivity index (χ0n) is 17.1. The van der Waals surface area contributed by atoms with Gasteiger partial charge in [-0.2, -0.15) is 0 Å². The third-order valence-electron chi connectivity index (χ3n) is 7.08. The van der Waals surface area contributed by atoms with Crippen LogP contribution in [0.4, 0.5) is 0 Å². The van der Waals surface area contributed by atoms with Crippen LogP contribution in [0.5, 0.6) is 0 Å². The van der Waals surface area contributed by atoms with Crippen LogP contribution in [-0.4, -0.2) is 15.8 Å². The Morgan fingerprint density at radius 3 is 1.87 bits per heavy atom. The molecule has 3 aromatic carbocycles. The Bertz CT molecular complexity index is 1170. The monoisotopic (exact) mass is 402 g/mol. The number of fused-ring (bicyclic) bond motifs is 5. The molecular weight excluding hydrogens is 380 g/mol. The van der Waals surface area contributed by atoms with Gasteiger partial charge in [0.2, 0.25) is 0 Å². The number of rotatable bonds is 2. The van der Waals surface area contributed by atoms with Crippen molar-refractivity contribution < 1.29 is 4.79 Å². The molecule has 0 amide bonds. The van der Waals surface area contributed by atoms with Gasteiger partial charge in [-0.25, -0.2) is 0 Å². The van der Waals surface area contributed by atoms with E-state index in [2.05, 4.69) is 72.8 Å². The summed E-state index contributed by atoms with van der Waals surface area (Å²) in [6.07, 6.45) is 4.60. The third-order valence-corrected chi connectivity index (χ3v) is 7.08. The maximum atomic E-state index is 13.2. The van der Waals surface area contributed by atoms with E-state index in [9.17, 15) is 4.79 Å². The molecule has 31 heavy (non-hydrogen) atoms. The van der Waals surface area contributed by atoms with Gasteiger partial charge in [-0.05, 0) is 16.7 Å². The van der Waals surface area contributed by atoms with E-state index in [1.807, 2.05) is 12.1 Å². The molecule has 1 aromatic heterocycles. The van der Waals surface area contributed by atoms with Gasteiger partial charge >= 0.3 is 0 Å². The van der Waals surface area contributed by atoms with Gasteiger partial charge in [-0.15, -0.1) is 0 Å². The quantitative estimate of drug-likeness (QED) is 0.434. The largest absolute Gasteiger partial charge is 0.300 e.